The summed E-state index contributed by atoms with van der Waals surface area (Å²) in [6, 6.07) is 16.1. The van der Waals surface area contributed by atoms with Crippen molar-refractivity contribution in [3.05, 3.63) is 95.0 Å². The third kappa shape index (κ3) is 8.66. The first-order valence-electron chi connectivity index (χ1n) is 18.5. The summed E-state index contributed by atoms with van der Waals surface area (Å²) < 4.78 is 13.2. The Hall–Kier alpha value is -5.47. The van der Waals surface area contributed by atoms with Gasteiger partial charge < -0.3 is 24.8 Å². The van der Waals surface area contributed by atoms with E-state index in [2.05, 4.69) is 65.3 Å². The van der Waals surface area contributed by atoms with Crippen molar-refractivity contribution in [2.75, 3.05) is 31.6 Å². The molecule has 14 heteroatoms. The molecule has 2 fully saturated rings. The summed E-state index contributed by atoms with van der Waals surface area (Å²) in [7, 11) is 0. The van der Waals surface area contributed by atoms with Crippen LogP contribution in [0.3, 0.4) is 0 Å². The van der Waals surface area contributed by atoms with E-state index in [0.717, 1.165) is 71.6 Å². The summed E-state index contributed by atoms with van der Waals surface area (Å²) >= 11 is 0. The molecule has 1 unspecified atom stereocenters. The van der Waals surface area contributed by atoms with Crippen LogP contribution >= 0.6 is 0 Å². The fraction of sp³-hybridized carbons (Fsp3) is 0.425. The van der Waals surface area contributed by atoms with E-state index in [0.29, 0.717) is 44.4 Å². The van der Waals surface area contributed by atoms with Crippen molar-refractivity contribution < 1.29 is 23.6 Å². The van der Waals surface area contributed by atoms with Gasteiger partial charge in [0.2, 0.25) is 17.7 Å². The molecular formula is C40H47N9O5. The van der Waals surface area contributed by atoms with Gasteiger partial charge in [0.1, 0.15) is 12.4 Å². The molecule has 0 aliphatic carbocycles. The number of carbonyl (C=O) groups is 3. The van der Waals surface area contributed by atoms with Crippen LogP contribution in [-0.2, 0) is 32.9 Å². The van der Waals surface area contributed by atoms with Gasteiger partial charge in [0.25, 0.3) is 11.7 Å². The number of amides is 3. The van der Waals surface area contributed by atoms with Crippen molar-refractivity contribution in [3.63, 3.8) is 0 Å². The second-order valence-corrected chi connectivity index (χ2v) is 15.2. The molecule has 54 heavy (non-hydrogen) atoms. The number of benzene rings is 2. The highest BCUT2D eigenvalue weighted by Gasteiger charge is 2.27. The first-order chi connectivity index (χ1) is 26.0. The monoisotopic (exact) mass is 733 g/mol. The van der Waals surface area contributed by atoms with Gasteiger partial charge in [0, 0.05) is 42.4 Å². The van der Waals surface area contributed by atoms with Gasteiger partial charge in [-0.25, -0.2) is 9.50 Å². The number of hydrogen-bond acceptors (Lipinski definition) is 11. The predicted octanol–water partition coefficient (Wildman–Crippen LogP) is 4.93. The van der Waals surface area contributed by atoms with Crippen LogP contribution in [0.1, 0.15) is 91.1 Å². The summed E-state index contributed by atoms with van der Waals surface area (Å²) in [5.41, 5.74) is 7.56. The standard InChI is InChI=1S/C40H47N9O5/c1-25-19-29(5-6-30(25)21-41-38(52)36-46-39(54-47-36)40(2,3)4)35-33-20-26(22-49(33)43-24-42-35)23-53-18-17-48-15-13-28(14-16-48)27-7-9-31(10-8-27)44-32-11-12-34(50)45-37(32)51/h5-10,19-20,22,24,28,32,44H,11-18,21,23H2,1-4H3,(H,41,52)(H,45,50,51). The summed E-state index contributed by atoms with van der Waals surface area (Å²) in [6.45, 7) is 12.2. The lowest BCUT2D eigenvalue weighted by molar-refractivity contribution is -0.133. The number of ether oxygens (including phenoxy) is 1. The van der Waals surface area contributed by atoms with Gasteiger partial charge in [-0.1, -0.05) is 50.2 Å². The summed E-state index contributed by atoms with van der Waals surface area (Å²) in [5.74, 6) is 0.0916. The fourth-order valence-electron chi connectivity index (χ4n) is 6.96. The molecule has 0 saturated carbocycles. The Morgan fingerprint density at radius 2 is 1.85 bits per heavy atom. The van der Waals surface area contributed by atoms with E-state index in [1.54, 1.807) is 6.33 Å². The van der Waals surface area contributed by atoms with Gasteiger partial charge in [0.05, 0.1) is 24.4 Å². The zero-order chi connectivity index (χ0) is 37.8. The maximum atomic E-state index is 12.7. The second kappa shape index (κ2) is 15.9. The minimum absolute atomic E-state index is 0.0226. The van der Waals surface area contributed by atoms with E-state index in [4.69, 9.17) is 9.26 Å². The van der Waals surface area contributed by atoms with E-state index in [-0.39, 0.29) is 35.0 Å². The minimum atomic E-state index is -0.384. The first kappa shape index (κ1) is 36.9. The van der Waals surface area contributed by atoms with E-state index < -0.39 is 0 Å². The molecule has 7 rings (SSSR count). The fourth-order valence-corrected chi connectivity index (χ4v) is 6.96. The lowest BCUT2D eigenvalue weighted by Crippen LogP contribution is -2.47. The van der Waals surface area contributed by atoms with Crippen LogP contribution in [0.5, 0.6) is 0 Å². The predicted molar refractivity (Wildman–Crippen MR) is 202 cm³/mol. The maximum Gasteiger partial charge on any atom is 0.292 e. The van der Waals surface area contributed by atoms with Crippen LogP contribution in [0.25, 0.3) is 16.8 Å². The number of rotatable bonds is 12. The minimum Gasteiger partial charge on any atom is -0.375 e. The smallest absolute Gasteiger partial charge is 0.292 e. The number of hydrogen-bond donors (Lipinski definition) is 3. The number of aromatic nitrogens is 5. The van der Waals surface area contributed by atoms with Crippen molar-refractivity contribution in [2.24, 2.45) is 0 Å². The summed E-state index contributed by atoms with van der Waals surface area (Å²) in [5, 5.41) is 16.8. The number of imide groups is 1. The third-order valence-corrected chi connectivity index (χ3v) is 10.2. The van der Waals surface area contributed by atoms with Crippen LogP contribution in [0.15, 0.2) is 65.6 Å². The first-order valence-corrected chi connectivity index (χ1v) is 18.5. The molecule has 3 amide bonds. The molecule has 3 aromatic heterocycles. The molecule has 5 aromatic rings. The zero-order valence-corrected chi connectivity index (χ0v) is 31.2. The van der Waals surface area contributed by atoms with Crippen LogP contribution < -0.4 is 16.0 Å². The largest absolute Gasteiger partial charge is 0.375 e. The molecule has 1 atom stereocenters. The molecule has 0 spiro atoms. The maximum absolute atomic E-state index is 12.7. The van der Waals surface area contributed by atoms with Gasteiger partial charge in [-0.3, -0.25) is 19.7 Å². The molecule has 14 nitrogen and oxygen atoms in total. The normalized spacial score (nSPS) is 17.1. The molecule has 0 bridgehead atoms. The lowest BCUT2D eigenvalue weighted by atomic mass is 9.89. The van der Waals surface area contributed by atoms with Crippen LogP contribution in [-0.4, -0.2) is 79.6 Å². The Balaban J connectivity index is 0.864. The van der Waals surface area contributed by atoms with Crippen molar-refractivity contribution in [2.45, 2.75) is 83.9 Å². The van der Waals surface area contributed by atoms with Crippen molar-refractivity contribution in [1.29, 1.82) is 0 Å². The lowest BCUT2D eigenvalue weighted by Gasteiger charge is -2.32. The number of carbonyl (C=O) groups excluding carboxylic acids is 3. The zero-order valence-electron chi connectivity index (χ0n) is 31.2. The molecule has 5 heterocycles. The molecule has 2 aromatic carbocycles. The van der Waals surface area contributed by atoms with Gasteiger partial charge in [0.15, 0.2) is 0 Å². The summed E-state index contributed by atoms with van der Waals surface area (Å²) in [6.07, 6.45) is 6.58. The van der Waals surface area contributed by atoms with Gasteiger partial charge in [-0.2, -0.15) is 10.1 Å². The molecule has 2 saturated heterocycles. The van der Waals surface area contributed by atoms with E-state index in [1.165, 1.54) is 5.56 Å². The topological polar surface area (TPSA) is 169 Å². The Morgan fingerprint density at radius 3 is 2.57 bits per heavy atom. The highest BCUT2D eigenvalue weighted by molar-refractivity contribution is 6.01. The van der Waals surface area contributed by atoms with Crippen LogP contribution in [0.4, 0.5) is 5.69 Å². The van der Waals surface area contributed by atoms with Gasteiger partial charge in [-0.15, -0.1) is 0 Å². The molecule has 2 aliphatic rings. The van der Waals surface area contributed by atoms with E-state index in [9.17, 15) is 14.4 Å². The van der Waals surface area contributed by atoms with Crippen molar-refractivity contribution in [3.8, 4) is 11.3 Å². The number of fused-ring (bicyclic) bond motifs is 1. The highest BCUT2D eigenvalue weighted by Crippen LogP contribution is 2.30. The Morgan fingerprint density at radius 1 is 1.06 bits per heavy atom. The Bertz CT molecular complexity index is 2130. The number of aryl methyl sites for hydroxylation is 1. The number of likely N-dealkylation sites (tertiary alicyclic amines) is 1. The third-order valence-electron chi connectivity index (χ3n) is 10.2. The second-order valence-electron chi connectivity index (χ2n) is 15.2. The SMILES string of the molecule is Cc1cc(-c2ncnn3cc(COCCN4CCC(c5ccc(NC6CCC(=O)NC6=O)cc5)CC4)cc23)ccc1CNC(=O)c1noc(C(C)(C)C)n1. The van der Waals surface area contributed by atoms with Crippen molar-refractivity contribution >= 4 is 28.9 Å². The average molecular weight is 734 g/mol. The van der Waals surface area contributed by atoms with E-state index >= 15 is 0 Å². The van der Waals surface area contributed by atoms with Crippen molar-refractivity contribution in [1.82, 2.24) is 40.3 Å². The molecular weight excluding hydrogens is 686 g/mol. The molecule has 2 aliphatic heterocycles. The van der Waals surface area contributed by atoms with Gasteiger partial charge in [-0.05, 0) is 91.7 Å². The van der Waals surface area contributed by atoms with E-state index in [1.807, 2.05) is 62.7 Å². The quantitative estimate of drug-likeness (QED) is 0.117. The number of nitrogens with one attached hydrogen (secondary N) is 3. The number of nitrogens with zero attached hydrogens (tertiary/aromatic N) is 6. The van der Waals surface area contributed by atoms with Gasteiger partial charge >= 0.3 is 0 Å². The molecule has 0 radical (unpaired) electrons. The molecule has 282 valence electrons. The number of piperidine rings is 2. The Kier molecular flexibility index (Phi) is 10.8. The molecule has 3 N–H and O–H groups in total. The van der Waals surface area contributed by atoms with Crippen LogP contribution in [0, 0.1) is 6.92 Å². The Labute approximate surface area is 314 Å². The summed E-state index contributed by atoms with van der Waals surface area (Å²) in [4.78, 5) is 47.5. The highest BCUT2D eigenvalue weighted by atomic mass is 16.5. The number of anilines is 1. The average Bonchev–Trinajstić information content (AvgIpc) is 3.83. The van der Waals surface area contributed by atoms with Crippen LogP contribution in [0.2, 0.25) is 0 Å².